The number of hydrogen-bond acceptors (Lipinski definition) is 3. The van der Waals surface area contributed by atoms with Gasteiger partial charge in [0.1, 0.15) is 5.82 Å². The number of aryl methyl sites for hydroxylation is 1. The maximum Gasteiger partial charge on any atom is 0.205 e. The van der Waals surface area contributed by atoms with E-state index in [2.05, 4.69) is 15.0 Å². The molecule has 0 fully saturated rings. The standard InChI is InChI=1S/C17H15FN4O/c1-9-10(2)22-14-6-5-11(18)8-12(14)15(13-4-3-7-19-13)21-17(23)16(22)20-9/h3-8,17,19,23H,1-2H3. The number of hydrogen-bond donors (Lipinski definition) is 2. The summed E-state index contributed by atoms with van der Waals surface area (Å²) < 4.78 is 15.7. The van der Waals surface area contributed by atoms with E-state index in [-0.39, 0.29) is 5.82 Å². The minimum absolute atomic E-state index is 0.351. The van der Waals surface area contributed by atoms with E-state index in [1.165, 1.54) is 12.1 Å². The molecule has 0 saturated carbocycles. The van der Waals surface area contributed by atoms with Crippen LogP contribution in [0.1, 0.15) is 34.7 Å². The highest BCUT2D eigenvalue weighted by molar-refractivity contribution is 6.14. The lowest BCUT2D eigenvalue weighted by Crippen LogP contribution is -2.09. The van der Waals surface area contributed by atoms with E-state index in [0.717, 1.165) is 22.8 Å². The first-order valence-electron chi connectivity index (χ1n) is 7.32. The van der Waals surface area contributed by atoms with E-state index in [9.17, 15) is 9.50 Å². The van der Waals surface area contributed by atoms with Crippen molar-refractivity contribution in [2.24, 2.45) is 4.99 Å². The highest BCUT2D eigenvalue weighted by atomic mass is 19.1. The highest BCUT2D eigenvalue weighted by Gasteiger charge is 2.27. The molecule has 1 aliphatic rings. The number of fused-ring (bicyclic) bond motifs is 3. The van der Waals surface area contributed by atoms with E-state index in [0.29, 0.717) is 17.1 Å². The Morgan fingerprint density at radius 3 is 2.83 bits per heavy atom. The Kier molecular flexibility index (Phi) is 2.96. The number of nitrogens with zero attached hydrogens (tertiary/aromatic N) is 3. The van der Waals surface area contributed by atoms with Crippen LogP contribution < -0.4 is 0 Å². The third-order valence-electron chi connectivity index (χ3n) is 4.16. The van der Waals surface area contributed by atoms with Gasteiger partial charge in [-0.2, -0.15) is 0 Å². The summed E-state index contributed by atoms with van der Waals surface area (Å²) in [7, 11) is 0. The van der Waals surface area contributed by atoms with E-state index in [4.69, 9.17) is 0 Å². The topological polar surface area (TPSA) is 66.2 Å². The fourth-order valence-corrected chi connectivity index (χ4v) is 2.95. The molecule has 23 heavy (non-hydrogen) atoms. The Morgan fingerprint density at radius 2 is 2.09 bits per heavy atom. The van der Waals surface area contributed by atoms with Crippen molar-refractivity contribution in [3.63, 3.8) is 0 Å². The molecule has 0 radical (unpaired) electrons. The van der Waals surface area contributed by atoms with Gasteiger partial charge in [-0.25, -0.2) is 14.4 Å². The maximum atomic E-state index is 13.9. The lowest BCUT2D eigenvalue weighted by molar-refractivity contribution is 0.177. The smallest absolute Gasteiger partial charge is 0.205 e. The minimum atomic E-state index is -1.11. The summed E-state index contributed by atoms with van der Waals surface area (Å²) in [5, 5.41) is 10.5. The van der Waals surface area contributed by atoms with Crippen LogP contribution in [0.15, 0.2) is 41.5 Å². The summed E-state index contributed by atoms with van der Waals surface area (Å²) in [4.78, 5) is 11.9. The van der Waals surface area contributed by atoms with Gasteiger partial charge >= 0.3 is 0 Å². The molecule has 0 bridgehead atoms. The molecule has 6 heteroatoms. The minimum Gasteiger partial charge on any atom is -0.365 e. The van der Waals surface area contributed by atoms with Gasteiger partial charge < -0.3 is 10.1 Å². The molecule has 0 aliphatic carbocycles. The van der Waals surface area contributed by atoms with Crippen LogP contribution in [0.4, 0.5) is 4.39 Å². The summed E-state index contributed by atoms with van der Waals surface area (Å²) in [5.74, 6) is 0.0878. The van der Waals surface area contributed by atoms with Gasteiger partial charge in [-0.15, -0.1) is 0 Å². The van der Waals surface area contributed by atoms with Crippen molar-refractivity contribution >= 4 is 5.71 Å². The number of imidazole rings is 1. The number of rotatable bonds is 1. The van der Waals surface area contributed by atoms with Gasteiger partial charge in [0.25, 0.3) is 0 Å². The Morgan fingerprint density at radius 1 is 1.26 bits per heavy atom. The predicted molar refractivity (Wildman–Crippen MR) is 84.4 cm³/mol. The van der Waals surface area contributed by atoms with E-state index in [1.807, 2.05) is 30.5 Å². The number of H-pyrrole nitrogens is 1. The fourth-order valence-electron chi connectivity index (χ4n) is 2.95. The molecule has 0 amide bonds. The maximum absolute atomic E-state index is 13.9. The molecule has 2 aromatic heterocycles. The molecule has 1 aromatic carbocycles. The second-order valence-corrected chi connectivity index (χ2v) is 5.57. The van der Waals surface area contributed by atoms with Crippen molar-refractivity contribution in [1.29, 1.82) is 0 Å². The molecule has 116 valence electrons. The summed E-state index contributed by atoms with van der Waals surface area (Å²) in [6.45, 7) is 3.80. The van der Waals surface area contributed by atoms with Gasteiger partial charge in [0.2, 0.25) is 6.23 Å². The number of benzene rings is 1. The SMILES string of the molecule is Cc1nc2n(c1C)-c1ccc(F)cc1C(c1ccc[nH]1)=NC2O. The Bertz CT molecular complexity index is 924. The fraction of sp³-hybridized carbons (Fsp3) is 0.176. The largest absolute Gasteiger partial charge is 0.365 e. The van der Waals surface area contributed by atoms with Crippen LogP contribution in [0.25, 0.3) is 5.69 Å². The quantitative estimate of drug-likeness (QED) is 0.726. The van der Waals surface area contributed by atoms with E-state index < -0.39 is 6.23 Å². The van der Waals surface area contributed by atoms with Gasteiger partial charge in [-0.1, -0.05) is 0 Å². The monoisotopic (exact) mass is 310 g/mol. The third kappa shape index (κ3) is 2.03. The second-order valence-electron chi connectivity index (χ2n) is 5.57. The van der Waals surface area contributed by atoms with Gasteiger partial charge in [0, 0.05) is 17.5 Å². The number of aliphatic hydroxyl groups is 1. The van der Waals surface area contributed by atoms with E-state index >= 15 is 0 Å². The number of aliphatic imine (C=N–C) groups is 1. The van der Waals surface area contributed by atoms with Gasteiger partial charge in [-0.05, 0) is 44.2 Å². The first kappa shape index (κ1) is 13.9. The first-order chi connectivity index (χ1) is 11.1. The Labute approximate surface area is 132 Å². The number of aliphatic hydroxyl groups excluding tert-OH is 1. The van der Waals surface area contributed by atoms with Crippen molar-refractivity contribution in [3.8, 4) is 5.69 Å². The van der Waals surface area contributed by atoms with Crippen molar-refractivity contribution in [2.75, 3.05) is 0 Å². The van der Waals surface area contributed by atoms with Crippen LogP contribution >= 0.6 is 0 Å². The number of halogens is 1. The molecule has 3 heterocycles. The van der Waals surface area contributed by atoms with Crippen molar-refractivity contribution in [1.82, 2.24) is 14.5 Å². The van der Waals surface area contributed by atoms with Crippen LogP contribution in [0.3, 0.4) is 0 Å². The van der Waals surface area contributed by atoms with Gasteiger partial charge in [-0.3, -0.25) is 4.57 Å². The Hall–Kier alpha value is -2.73. The zero-order chi connectivity index (χ0) is 16.1. The average Bonchev–Trinajstić information content (AvgIpc) is 3.12. The molecular weight excluding hydrogens is 295 g/mol. The lowest BCUT2D eigenvalue weighted by Gasteiger charge is -2.12. The molecule has 0 saturated heterocycles. The van der Waals surface area contributed by atoms with Crippen LogP contribution in [-0.2, 0) is 0 Å². The summed E-state index contributed by atoms with van der Waals surface area (Å²) >= 11 is 0. The molecule has 5 nitrogen and oxygen atoms in total. The molecule has 1 aliphatic heterocycles. The number of aromatic amines is 1. The molecule has 0 spiro atoms. The van der Waals surface area contributed by atoms with Crippen molar-refractivity contribution in [3.05, 3.63) is 70.8 Å². The highest BCUT2D eigenvalue weighted by Crippen LogP contribution is 2.31. The molecular formula is C17H15FN4O. The van der Waals surface area contributed by atoms with Gasteiger partial charge in [0.15, 0.2) is 5.82 Å². The van der Waals surface area contributed by atoms with Crippen LogP contribution in [0.2, 0.25) is 0 Å². The summed E-state index contributed by atoms with van der Waals surface area (Å²) in [6.07, 6.45) is 0.651. The first-order valence-corrected chi connectivity index (χ1v) is 7.32. The Balaban J connectivity index is 2.08. The van der Waals surface area contributed by atoms with Gasteiger partial charge in [0.05, 0.1) is 22.8 Å². The molecule has 2 N–H and O–H groups in total. The van der Waals surface area contributed by atoms with Crippen LogP contribution in [0.5, 0.6) is 0 Å². The zero-order valence-electron chi connectivity index (χ0n) is 12.7. The summed E-state index contributed by atoms with van der Waals surface area (Å²) in [5.41, 5.74) is 4.31. The molecule has 3 aromatic rings. The van der Waals surface area contributed by atoms with Crippen molar-refractivity contribution < 1.29 is 9.50 Å². The molecule has 1 atom stereocenters. The molecule has 1 unspecified atom stereocenters. The predicted octanol–water partition coefficient (Wildman–Crippen LogP) is 2.80. The normalized spacial score (nSPS) is 16.5. The zero-order valence-corrected chi connectivity index (χ0v) is 12.7. The van der Waals surface area contributed by atoms with Crippen LogP contribution in [-0.4, -0.2) is 25.4 Å². The van der Waals surface area contributed by atoms with Crippen LogP contribution in [0, 0.1) is 19.7 Å². The second kappa shape index (κ2) is 4.89. The molecule has 4 rings (SSSR count). The van der Waals surface area contributed by atoms with Crippen molar-refractivity contribution in [2.45, 2.75) is 20.1 Å². The number of nitrogens with one attached hydrogen (secondary N) is 1. The average molecular weight is 310 g/mol. The summed E-state index contributed by atoms with van der Waals surface area (Å²) in [6, 6.07) is 8.21. The number of aromatic nitrogens is 3. The van der Waals surface area contributed by atoms with E-state index in [1.54, 1.807) is 12.3 Å². The lowest BCUT2D eigenvalue weighted by atomic mass is 10.0. The third-order valence-corrected chi connectivity index (χ3v) is 4.16.